The molecule has 176 valence electrons. The van der Waals surface area contributed by atoms with Gasteiger partial charge in [-0.15, -0.1) is 0 Å². The quantitative estimate of drug-likeness (QED) is 0.392. The molecule has 33 heavy (non-hydrogen) atoms. The van der Waals surface area contributed by atoms with E-state index in [0.29, 0.717) is 53.4 Å². The molecule has 0 radical (unpaired) electrons. The molecule has 8 heteroatoms. The van der Waals surface area contributed by atoms with Crippen molar-refractivity contribution in [3.63, 3.8) is 0 Å². The molecule has 0 saturated heterocycles. The smallest absolute Gasteiger partial charge is 0.271 e. The zero-order valence-electron chi connectivity index (χ0n) is 19.8. The average molecular weight is 453 g/mol. The third kappa shape index (κ3) is 9.55. The molecule has 2 N–H and O–H groups in total. The molecule has 0 bridgehead atoms. The number of amides is 2. The van der Waals surface area contributed by atoms with Crippen molar-refractivity contribution in [2.75, 3.05) is 13.2 Å². The second-order valence-corrected chi connectivity index (χ2v) is 8.35. The first-order valence-corrected chi connectivity index (χ1v) is 10.9. The third-order valence-electron chi connectivity index (χ3n) is 4.15. The number of nitrogens with zero attached hydrogens (tertiary/aromatic N) is 2. The van der Waals surface area contributed by atoms with Crippen molar-refractivity contribution in [1.82, 2.24) is 10.9 Å². The van der Waals surface area contributed by atoms with Gasteiger partial charge in [-0.3, -0.25) is 9.59 Å². The molecule has 0 spiro atoms. The molecule has 0 unspecified atom stereocenters. The Hall–Kier alpha value is -3.68. The van der Waals surface area contributed by atoms with Gasteiger partial charge in [-0.25, -0.2) is 10.9 Å². The Labute approximate surface area is 195 Å². The van der Waals surface area contributed by atoms with Gasteiger partial charge in [0.15, 0.2) is 0 Å². The van der Waals surface area contributed by atoms with Gasteiger partial charge in [0.05, 0.1) is 25.1 Å². The maximum absolute atomic E-state index is 12.2. The molecule has 0 saturated carbocycles. The maximum atomic E-state index is 12.2. The number of rotatable bonds is 11. The molecule has 0 heterocycles. The molecule has 2 rings (SSSR count). The Balaban J connectivity index is 1.81. The molecule has 0 aliphatic carbocycles. The van der Waals surface area contributed by atoms with Crippen molar-refractivity contribution >= 4 is 23.7 Å². The second kappa shape index (κ2) is 13.0. The third-order valence-corrected chi connectivity index (χ3v) is 4.15. The van der Waals surface area contributed by atoms with Gasteiger partial charge < -0.3 is 9.47 Å². The minimum Gasteiger partial charge on any atom is -0.493 e. The molecule has 0 atom stereocenters. The van der Waals surface area contributed by atoms with E-state index in [1.54, 1.807) is 55.5 Å². The molecular formula is C25H32N4O4. The van der Waals surface area contributed by atoms with Gasteiger partial charge >= 0.3 is 0 Å². The lowest BCUT2D eigenvalue weighted by molar-refractivity contribution is 0.0946. The molecular weight excluding hydrogens is 420 g/mol. The minimum absolute atomic E-state index is 0.359. The Bertz CT molecular complexity index is 965. The first-order valence-electron chi connectivity index (χ1n) is 10.9. The van der Waals surface area contributed by atoms with Crippen LogP contribution >= 0.6 is 0 Å². The lowest BCUT2D eigenvalue weighted by atomic mass is 10.2. The van der Waals surface area contributed by atoms with Crippen LogP contribution in [0.15, 0.2) is 58.7 Å². The Kier molecular flexibility index (Phi) is 10.1. The summed E-state index contributed by atoms with van der Waals surface area (Å²) >= 11 is 0. The van der Waals surface area contributed by atoms with Crippen LogP contribution in [0.5, 0.6) is 11.5 Å². The predicted octanol–water partition coefficient (Wildman–Crippen LogP) is 4.28. The van der Waals surface area contributed by atoms with Gasteiger partial charge in [-0.05, 0) is 67.3 Å². The molecule has 0 aromatic heterocycles. The van der Waals surface area contributed by atoms with Crippen LogP contribution < -0.4 is 20.3 Å². The molecule has 0 fully saturated rings. The number of carbonyl (C=O) groups is 2. The number of ether oxygens (including phenoxy) is 2. The van der Waals surface area contributed by atoms with E-state index in [4.69, 9.17) is 9.47 Å². The summed E-state index contributed by atoms with van der Waals surface area (Å²) < 4.78 is 11.2. The van der Waals surface area contributed by atoms with E-state index in [1.165, 1.54) is 6.21 Å². The van der Waals surface area contributed by atoms with Crippen molar-refractivity contribution in [1.29, 1.82) is 0 Å². The molecule has 0 aliphatic heterocycles. The Morgan fingerprint density at radius 2 is 1.21 bits per heavy atom. The summed E-state index contributed by atoms with van der Waals surface area (Å²) in [5, 5.41) is 7.84. The Morgan fingerprint density at radius 3 is 1.64 bits per heavy atom. The molecule has 0 aliphatic rings. The summed E-state index contributed by atoms with van der Waals surface area (Å²) in [7, 11) is 0. The molecule has 2 aromatic carbocycles. The van der Waals surface area contributed by atoms with Crippen LogP contribution in [0.4, 0.5) is 0 Å². The topological polar surface area (TPSA) is 101 Å². The highest BCUT2D eigenvalue weighted by Crippen LogP contribution is 2.14. The zero-order chi connectivity index (χ0) is 24.2. The van der Waals surface area contributed by atoms with Gasteiger partial charge in [0.25, 0.3) is 11.8 Å². The van der Waals surface area contributed by atoms with E-state index < -0.39 is 0 Å². The van der Waals surface area contributed by atoms with Gasteiger partial charge in [-0.2, -0.15) is 10.2 Å². The van der Waals surface area contributed by atoms with E-state index in [0.717, 1.165) is 0 Å². The number of hydrogen-bond donors (Lipinski definition) is 2. The fraction of sp³-hybridized carbons (Fsp3) is 0.360. The fourth-order valence-corrected chi connectivity index (χ4v) is 2.41. The van der Waals surface area contributed by atoms with Gasteiger partial charge in [-0.1, -0.05) is 27.7 Å². The van der Waals surface area contributed by atoms with Gasteiger partial charge in [0, 0.05) is 11.1 Å². The van der Waals surface area contributed by atoms with Crippen molar-refractivity contribution < 1.29 is 19.1 Å². The Morgan fingerprint density at radius 1 is 0.788 bits per heavy atom. The van der Waals surface area contributed by atoms with Crippen molar-refractivity contribution in [2.45, 2.75) is 34.6 Å². The average Bonchev–Trinajstić information content (AvgIpc) is 2.80. The summed E-state index contributed by atoms with van der Waals surface area (Å²) in [5.41, 5.74) is 6.20. The number of benzene rings is 2. The highest BCUT2D eigenvalue weighted by atomic mass is 16.5. The fourth-order valence-electron chi connectivity index (χ4n) is 2.41. The van der Waals surface area contributed by atoms with Crippen LogP contribution in [0.3, 0.4) is 0 Å². The van der Waals surface area contributed by atoms with Gasteiger partial charge in [0.1, 0.15) is 11.5 Å². The largest absolute Gasteiger partial charge is 0.493 e. The minimum atomic E-state index is -0.363. The van der Waals surface area contributed by atoms with Crippen LogP contribution in [-0.4, -0.2) is 37.0 Å². The SMILES string of the molecule is CC(/C=N/NC(=O)c1ccc(OCC(C)C)cc1)=N/NC(=O)c1ccc(OCC(C)C)cc1. The maximum Gasteiger partial charge on any atom is 0.271 e. The van der Waals surface area contributed by atoms with Crippen LogP contribution in [0.25, 0.3) is 0 Å². The summed E-state index contributed by atoms with van der Waals surface area (Å²) in [6.07, 6.45) is 1.35. The monoisotopic (exact) mass is 452 g/mol. The lowest BCUT2D eigenvalue weighted by Gasteiger charge is -2.09. The number of nitrogens with one attached hydrogen (secondary N) is 2. The first-order chi connectivity index (χ1) is 15.7. The lowest BCUT2D eigenvalue weighted by Crippen LogP contribution is -2.21. The number of carbonyl (C=O) groups excluding carboxylic acids is 2. The van der Waals surface area contributed by atoms with E-state index in [9.17, 15) is 9.59 Å². The van der Waals surface area contributed by atoms with Crippen molar-refractivity contribution in [3.8, 4) is 11.5 Å². The number of hydrogen-bond acceptors (Lipinski definition) is 6. The molecule has 8 nitrogen and oxygen atoms in total. The first kappa shape index (κ1) is 25.6. The molecule has 2 aromatic rings. The number of hydrazone groups is 2. The van der Waals surface area contributed by atoms with E-state index in [2.05, 4.69) is 48.7 Å². The van der Waals surface area contributed by atoms with Crippen LogP contribution in [0, 0.1) is 11.8 Å². The van der Waals surface area contributed by atoms with Crippen LogP contribution in [-0.2, 0) is 0 Å². The zero-order valence-corrected chi connectivity index (χ0v) is 19.8. The molecule has 2 amide bonds. The normalized spacial score (nSPS) is 11.7. The van der Waals surface area contributed by atoms with Crippen LogP contribution in [0.2, 0.25) is 0 Å². The van der Waals surface area contributed by atoms with Crippen molar-refractivity contribution in [3.05, 3.63) is 59.7 Å². The summed E-state index contributed by atoms with van der Waals surface area (Å²) in [6.45, 7) is 11.2. The van der Waals surface area contributed by atoms with Gasteiger partial charge in [0.2, 0.25) is 0 Å². The predicted molar refractivity (Wildman–Crippen MR) is 130 cm³/mol. The summed E-state index contributed by atoms with van der Waals surface area (Å²) in [6, 6.07) is 13.6. The van der Waals surface area contributed by atoms with Crippen LogP contribution in [0.1, 0.15) is 55.3 Å². The highest BCUT2D eigenvalue weighted by Gasteiger charge is 2.06. The van der Waals surface area contributed by atoms with E-state index >= 15 is 0 Å². The van der Waals surface area contributed by atoms with E-state index in [1.807, 2.05) is 0 Å². The standard InChI is InChI=1S/C25H32N4O4/c1-17(2)15-32-22-10-6-20(7-11-22)24(30)28-26-14-19(5)27-29-25(31)21-8-12-23(13-9-21)33-16-18(3)4/h6-14,17-18H,15-16H2,1-5H3,(H,28,30)(H,29,31)/b26-14+,27-19-. The van der Waals surface area contributed by atoms with E-state index in [-0.39, 0.29) is 11.8 Å². The summed E-state index contributed by atoms with van der Waals surface area (Å²) in [4.78, 5) is 24.4. The second-order valence-electron chi connectivity index (χ2n) is 8.35. The highest BCUT2D eigenvalue weighted by molar-refractivity contribution is 6.29. The van der Waals surface area contributed by atoms with Crippen molar-refractivity contribution in [2.24, 2.45) is 22.0 Å². The summed E-state index contributed by atoms with van der Waals surface area (Å²) in [5.74, 6) is 1.54.